The van der Waals surface area contributed by atoms with Crippen LogP contribution in [0.25, 0.3) is 0 Å². The van der Waals surface area contributed by atoms with Crippen molar-refractivity contribution in [3.63, 3.8) is 0 Å². The van der Waals surface area contributed by atoms with Crippen LogP contribution in [0.3, 0.4) is 0 Å². The quantitative estimate of drug-likeness (QED) is 0.606. The smallest absolute Gasteiger partial charge is 0.183 e. The molecule has 3 fully saturated rings. The average Bonchev–Trinajstić information content (AvgIpc) is 3.62. The molecule has 2 saturated carbocycles. The molecule has 1 saturated heterocycles. The van der Waals surface area contributed by atoms with E-state index in [2.05, 4.69) is 21.3 Å². The lowest BCUT2D eigenvalue weighted by molar-refractivity contribution is 0.275. The van der Waals surface area contributed by atoms with Gasteiger partial charge in [0.15, 0.2) is 7.98 Å². The number of nitriles is 1. The molecule has 1 atom stereocenters. The van der Waals surface area contributed by atoms with Crippen molar-refractivity contribution in [1.82, 2.24) is 14.8 Å². The van der Waals surface area contributed by atoms with Crippen LogP contribution >= 0.6 is 11.6 Å². The van der Waals surface area contributed by atoms with E-state index in [-0.39, 0.29) is 0 Å². The molecule has 3 aliphatic rings. The molecule has 146 valence electrons. The Balaban J connectivity index is 1.48. The Morgan fingerprint density at radius 3 is 2.72 bits per heavy atom. The van der Waals surface area contributed by atoms with Crippen LogP contribution in [0.4, 0.5) is 17.2 Å². The number of hydrogen-bond acceptors (Lipinski definition) is 6. The molecule has 1 N–H and O–H groups in total. The molecule has 2 aliphatic carbocycles. The molecule has 1 aliphatic heterocycles. The number of aromatic nitrogens is 2. The van der Waals surface area contributed by atoms with Crippen molar-refractivity contribution in [3.05, 3.63) is 40.8 Å². The molecular weight excluding hydrogens is 383 g/mol. The molecule has 5 rings (SSSR count). The summed E-state index contributed by atoms with van der Waals surface area (Å²) in [6.07, 6.45) is 6.42. The second-order valence-electron chi connectivity index (χ2n) is 8.26. The third kappa shape index (κ3) is 3.92. The van der Waals surface area contributed by atoms with E-state index in [1.165, 1.54) is 12.8 Å². The number of pyridine rings is 2. The molecule has 0 spiro atoms. The molecule has 0 amide bonds. The van der Waals surface area contributed by atoms with Gasteiger partial charge in [0.1, 0.15) is 17.0 Å². The summed E-state index contributed by atoms with van der Waals surface area (Å²) < 4.78 is 0. The molecule has 0 unspecified atom stereocenters. The Hall–Kier alpha value is -2.30. The molecule has 2 radical (unpaired) electrons. The highest BCUT2D eigenvalue weighted by atomic mass is 35.5. The maximum Gasteiger partial charge on any atom is 0.183 e. The van der Waals surface area contributed by atoms with Gasteiger partial charge in [-0.25, -0.2) is 9.97 Å². The zero-order valence-electron chi connectivity index (χ0n) is 16.2. The van der Waals surface area contributed by atoms with Crippen molar-refractivity contribution in [2.75, 3.05) is 29.9 Å². The Morgan fingerprint density at radius 1 is 1.21 bits per heavy atom. The minimum atomic E-state index is 0.346. The molecule has 2 aromatic rings. The SMILES string of the molecule is [B]N1CCN(c2nc(C3CC3)c(Nc3ccnc(Cl)c3)cc2C#N)C[C@H]1C1CC1. The fourth-order valence-corrected chi connectivity index (χ4v) is 4.34. The Kier molecular flexibility index (Phi) is 4.85. The highest BCUT2D eigenvalue weighted by Gasteiger charge is 2.38. The molecule has 0 bridgehead atoms. The summed E-state index contributed by atoms with van der Waals surface area (Å²) in [4.78, 5) is 13.3. The van der Waals surface area contributed by atoms with Gasteiger partial charge in [0.25, 0.3) is 0 Å². The lowest BCUT2D eigenvalue weighted by Gasteiger charge is -2.41. The van der Waals surface area contributed by atoms with Gasteiger partial charge in [-0.1, -0.05) is 11.6 Å². The lowest BCUT2D eigenvalue weighted by Crippen LogP contribution is -2.53. The van der Waals surface area contributed by atoms with Gasteiger partial charge in [-0.05, 0) is 49.8 Å². The predicted octanol–water partition coefficient (Wildman–Crippen LogP) is 3.61. The van der Waals surface area contributed by atoms with Gasteiger partial charge < -0.3 is 15.0 Å². The van der Waals surface area contributed by atoms with Crippen molar-refractivity contribution in [2.24, 2.45) is 5.92 Å². The summed E-state index contributed by atoms with van der Waals surface area (Å²) in [5.74, 6) is 1.91. The van der Waals surface area contributed by atoms with E-state index >= 15 is 0 Å². The minimum Gasteiger partial charge on any atom is -0.354 e. The maximum absolute atomic E-state index is 9.86. The molecule has 8 heteroatoms. The van der Waals surface area contributed by atoms with Crippen molar-refractivity contribution in [1.29, 1.82) is 5.26 Å². The monoisotopic (exact) mass is 404 g/mol. The number of halogens is 1. The first-order valence-electron chi connectivity index (χ1n) is 10.2. The summed E-state index contributed by atoms with van der Waals surface area (Å²) in [5.41, 5.74) is 3.35. The van der Waals surface area contributed by atoms with Gasteiger partial charge in [0.05, 0.1) is 16.9 Å². The molecule has 0 aromatic carbocycles. The zero-order chi connectivity index (χ0) is 20.0. The molecule has 6 nitrogen and oxygen atoms in total. The van der Waals surface area contributed by atoms with E-state index in [1.54, 1.807) is 12.3 Å². The summed E-state index contributed by atoms with van der Waals surface area (Å²) in [6.45, 7) is 2.42. The lowest BCUT2D eigenvalue weighted by atomic mass is 10.0. The number of nitrogens with one attached hydrogen (secondary N) is 1. The third-order valence-electron chi connectivity index (χ3n) is 6.05. The van der Waals surface area contributed by atoms with Gasteiger partial charge in [0, 0.05) is 43.5 Å². The standard InChI is InChI=1S/C21H22BClN6/c22-29-8-7-28(12-18(29)13-1-2-13)21-15(11-24)9-17(20(27-21)14-3-4-14)26-16-5-6-25-19(23)10-16/h5-6,9-10,13-14,18H,1-4,7-8,12H2,(H,25,26)/t18-/m0/s1. The van der Waals surface area contributed by atoms with Gasteiger partial charge in [0.2, 0.25) is 0 Å². The van der Waals surface area contributed by atoms with Crippen molar-refractivity contribution >= 4 is 36.8 Å². The predicted molar refractivity (Wildman–Crippen MR) is 115 cm³/mol. The Morgan fingerprint density at radius 2 is 2.03 bits per heavy atom. The molecular formula is C21H22BClN6. The van der Waals surface area contributed by atoms with E-state index in [9.17, 15) is 5.26 Å². The second kappa shape index (κ2) is 7.51. The first kappa shape index (κ1) is 18.7. The number of rotatable bonds is 5. The summed E-state index contributed by atoms with van der Waals surface area (Å²) >= 11 is 6.03. The van der Waals surface area contributed by atoms with E-state index in [1.807, 2.05) is 16.9 Å². The number of hydrogen-bond donors (Lipinski definition) is 1. The molecule has 29 heavy (non-hydrogen) atoms. The van der Waals surface area contributed by atoms with E-state index in [0.717, 1.165) is 55.4 Å². The van der Waals surface area contributed by atoms with Crippen LogP contribution < -0.4 is 10.2 Å². The van der Waals surface area contributed by atoms with Crippen LogP contribution in [0.1, 0.15) is 42.9 Å². The normalized spacial score (nSPS) is 22.3. The van der Waals surface area contributed by atoms with Gasteiger partial charge >= 0.3 is 0 Å². The van der Waals surface area contributed by atoms with Crippen LogP contribution in [0.2, 0.25) is 5.15 Å². The summed E-state index contributed by atoms with van der Waals surface area (Å²) in [6, 6.07) is 8.28. The molecule has 2 aromatic heterocycles. The van der Waals surface area contributed by atoms with E-state index in [0.29, 0.717) is 28.6 Å². The fourth-order valence-electron chi connectivity index (χ4n) is 4.16. The van der Waals surface area contributed by atoms with Gasteiger partial charge in [-0.15, -0.1) is 0 Å². The van der Waals surface area contributed by atoms with Crippen LogP contribution in [0.15, 0.2) is 24.4 Å². The Bertz CT molecular complexity index is 968. The van der Waals surface area contributed by atoms with Crippen LogP contribution in [-0.4, -0.2) is 48.4 Å². The second-order valence-corrected chi connectivity index (χ2v) is 8.65. The van der Waals surface area contributed by atoms with E-state index < -0.39 is 0 Å². The fraction of sp³-hybridized carbons (Fsp3) is 0.476. The minimum absolute atomic E-state index is 0.346. The first-order valence-corrected chi connectivity index (χ1v) is 10.6. The highest BCUT2D eigenvalue weighted by Crippen LogP contribution is 2.45. The number of anilines is 3. The molecule has 3 heterocycles. The third-order valence-corrected chi connectivity index (χ3v) is 6.26. The van der Waals surface area contributed by atoms with Crippen molar-refractivity contribution in [2.45, 2.75) is 37.6 Å². The Labute approximate surface area is 177 Å². The van der Waals surface area contributed by atoms with Crippen molar-refractivity contribution < 1.29 is 0 Å². The first-order chi connectivity index (χ1) is 14.1. The highest BCUT2D eigenvalue weighted by molar-refractivity contribution is 6.29. The average molecular weight is 405 g/mol. The van der Waals surface area contributed by atoms with E-state index in [4.69, 9.17) is 24.6 Å². The van der Waals surface area contributed by atoms with Crippen LogP contribution in [-0.2, 0) is 0 Å². The number of piperazine rings is 1. The summed E-state index contributed by atoms with van der Waals surface area (Å²) in [5, 5.41) is 13.7. The zero-order valence-corrected chi connectivity index (χ0v) is 16.9. The van der Waals surface area contributed by atoms with Gasteiger partial charge in [-0.2, -0.15) is 5.26 Å². The van der Waals surface area contributed by atoms with Gasteiger partial charge in [-0.3, -0.25) is 0 Å². The van der Waals surface area contributed by atoms with Crippen LogP contribution in [0, 0.1) is 17.2 Å². The number of nitrogens with zero attached hydrogens (tertiary/aromatic N) is 5. The summed E-state index contributed by atoms with van der Waals surface area (Å²) in [7, 11) is 6.24. The topological polar surface area (TPSA) is 68.1 Å². The van der Waals surface area contributed by atoms with Crippen LogP contribution in [0.5, 0.6) is 0 Å². The maximum atomic E-state index is 9.86. The van der Waals surface area contributed by atoms with Crippen molar-refractivity contribution in [3.8, 4) is 6.07 Å². The largest absolute Gasteiger partial charge is 0.354 e.